The Hall–Kier alpha value is -1.72. The van der Waals surface area contributed by atoms with Crippen LogP contribution in [0, 0.1) is 0 Å². The van der Waals surface area contributed by atoms with Gasteiger partial charge in [-0.1, -0.05) is 0 Å². The molecule has 2 aromatic heterocycles. The molecule has 20 heavy (non-hydrogen) atoms. The third-order valence-corrected chi connectivity index (χ3v) is 4.49. The summed E-state index contributed by atoms with van der Waals surface area (Å²) in [6.07, 6.45) is 5.19. The quantitative estimate of drug-likeness (QED) is 0.940. The summed E-state index contributed by atoms with van der Waals surface area (Å²) in [4.78, 5) is 17.6. The summed E-state index contributed by atoms with van der Waals surface area (Å²) in [5, 5.41) is 13.6. The van der Waals surface area contributed by atoms with E-state index in [0.717, 1.165) is 30.5 Å². The van der Waals surface area contributed by atoms with E-state index in [-0.39, 0.29) is 6.04 Å². The van der Waals surface area contributed by atoms with E-state index in [1.165, 1.54) is 0 Å². The van der Waals surface area contributed by atoms with Gasteiger partial charge in [-0.25, -0.2) is 0 Å². The zero-order chi connectivity index (χ0) is 13.9. The Morgan fingerprint density at radius 2 is 2.15 bits per heavy atom. The van der Waals surface area contributed by atoms with Crippen LogP contribution in [0.25, 0.3) is 0 Å². The molecule has 1 N–H and O–H groups in total. The highest BCUT2D eigenvalue weighted by atomic mass is 32.1. The number of thiophene rings is 1. The molecule has 104 valence electrons. The number of aromatic nitrogens is 1. The normalized spacial score (nSPS) is 20.9. The zero-order valence-corrected chi connectivity index (χ0v) is 11.8. The lowest BCUT2D eigenvalue weighted by Crippen LogP contribution is -2.39. The van der Waals surface area contributed by atoms with Crippen LogP contribution in [0.3, 0.4) is 0 Å². The molecule has 1 fully saturated rings. The van der Waals surface area contributed by atoms with Gasteiger partial charge in [-0.15, -0.1) is 0 Å². The number of likely N-dealkylation sites (tertiary alicyclic amines) is 1. The molecule has 2 unspecified atom stereocenters. The molecule has 1 aliphatic heterocycles. The molecule has 0 saturated carbocycles. The molecule has 0 radical (unpaired) electrons. The molecule has 1 aliphatic rings. The summed E-state index contributed by atoms with van der Waals surface area (Å²) < 4.78 is 0. The molecule has 5 heteroatoms. The minimum absolute atomic E-state index is 0.00727. The van der Waals surface area contributed by atoms with Gasteiger partial charge in [0.2, 0.25) is 0 Å². The minimum Gasteiger partial charge on any atom is -0.480 e. The molecule has 2 aromatic rings. The van der Waals surface area contributed by atoms with Crippen molar-refractivity contribution < 1.29 is 9.90 Å². The Morgan fingerprint density at radius 3 is 2.80 bits per heavy atom. The zero-order valence-electron chi connectivity index (χ0n) is 11.0. The Bertz CT molecular complexity index is 571. The van der Waals surface area contributed by atoms with Crippen molar-refractivity contribution in [3.8, 4) is 0 Å². The van der Waals surface area contributed by atoms with Crippen molar-refractivity contribution in [2.45, 2.75) is 24.9 Å². The van der Waals surface area contributed by atoms with Crippen LogP contribution in [0.2, 0.25) is 0 Å². The standard InChI is InChI=1S/C15H16N2O2S/c18-15(19)13-2-1-8-17(13)14(12-5-9-20-10-12)11-3-6-16-7-4-11/h3-7,9-10,13-14H,1-2,8H2,(H,18,19). The lowest BCUT2D eigenvalue weighted by atomic mass is 10.00. The molecule has 0 aromatic carbocycles. The summed E-state index contributed by atoms with van der Waals surface area (Å²) >= 11 is 1.64. The third-order valence-electron chi connectivity index (χ3n) is 3.79. The van der Waals surface area contributed by atoms with E-state index in [0.29, 0.717) is 0 Å². The molecule has 0 bridgehead atoms. The van der Waals surface area contributed by atoms with E-state index in [1.807, 2.05) is 17.5 Å². The number of hydrogen-bond acceptors (Lipinski definition) is 4. The summed E-state index contributed by atoms with van der Waals surface area (Å²) in [6.45, 7) is 0.819. The van der Waals surface area contributed by atoms with E-state index in [4.69, 9.17) is 0 Å². The third kappa shape index (κ3) is 2.46. The average Bonchev–Trinajstić information content (AvgIpc) is 3.12. The predicted octanol–water partition coefficient (Wildman–Crippen LogP) is 2.78. The minimum atomic E-state index is -0.725. The molecule has 3 rings (SSSR count). The van der Waals surface area contributed by atoms with Gasteiger partial charge in [0.25, 0.3) is 0 Å². The van der Waals surface area contributed by atoms with Crippen LogP contribution in [-0.2, 0) is 4.79 Å². The van der Waals surface area contributed by atoms with Gasteiger partial charge in [0.1, 0.15) is 6.04 Å². The summed E-state index contributed by atoms with van der Waals surface area (Å²) in [5.74, 6) is -0.725. The van der Waals surface area contributed by atoms with Crippen molar-refractivity contribution in [2.75, 3.05) is 6.54 Å². The molecule has 0 amide bonds. The fourth-order valence-corrected chi connectivity index (χ4v) is 3.59. The Labute approximate surface area is 121 Å². The van der Waals surface area contributed by atoms with Gasteiger partial charge in [0.05, 0.1) is 6.04 Å². The Kier molecular flexibility index (Phi) is 3.80. The smallest absolute Gasteiger partial charge is 0.320 e. The first-order chi connectivity index (χ1) is 9.77. The first kappa shape index (κ1) is 13.3. The second kappa shape index (κ2) is 5.73. The van der Waals surface area contributed by atoms with Gasteiger partial charge in [0, 0.05) is 18.9 Å². The summed E-state index contributed by atoms with van der Waals surface area (Å²) in [7, 11) is 0. The number of hydrogen-bond donors (Lipinski definition) is 1. The topological polar surface area (TPSA) is 53.4 Å². The number of aliphatic carboxylic acids is 1. The second-order valence-electron chi connectivity index (χ2n) is 4.97. The van der Waals surface area contributed by atoms with Crippen LogP contribution in [0.1, 0.15) is 30.0 Å². The van der Waals surface area contributed by atoms with Crippen LogP contribution >= 0.6 is 11.3 Å². The van der Waals surface area contributed by atoms with E-state index >= 15 is 0 Å². The number of rotatable bonds is 4. The fourth-order valence-electron chi connectivity index (χ4n) is 2.91. The number of nitrogens with zero attached hydrogens (tertiary/aromatic N) is 2. The summed E-state index contributed by atoms with van der Waals surface area (Å²) in [6, 6.07) is 5.63. The van der Waals surface area contributed by atoms with Crippen LogP contribution in [0.4, 0.5) is 0 Å². The largest absolute Gasteiger partial charge is 0.480 e. The highest BCUT2D eigenvalue weighted by molar-refractivity contribution is 7.08. The van der Waals surface area contributed by atoms with Crippen LogP contribution in [0.5, 0.6) is 0 Å². The van der Waals surface area contributed by atoms with E-state index in [2.05, 4.69) is 21.3 Å². The van der Waals surface area contributed by atoms with Gasteiger partial charge in [-0.05, 0) is 52.9 Å². The monoisotopic (exact) mass is 288 g/mol. The van der Waals surface area contributed by atoms with E-state index in [1.54, 1.807) is 23.7 Å². The number of carboxylic acid groups (broad SMARTS) is 1. The van der Waals surface area contributed by atoms with Crippen molar-refractivity contribution in [2.24, 2.45) is 0 Å². The maximum Gasteiger partial charge on any atom is 0.320 e. The highest BCUT2D eigenvalue weighted by Gasteiger charge is 2.36. The van der Waals surface area contributed by atoms with Crippen molar-refractivity contribution in [1.82, 2.24) is 9.88 Å². The molecular formula is C15H16N2O2S. The molecule has 4 nitrogen and oxygen atoms in total. The SMILES string of the molecule is O=C(O)C1CCCN1C(c1ccncc1)c1ccsc1. The van der Waals surface area contributed by atoms with Crippen molar-refractivity contribution >= 4 is 17.3 Å². The van der Waals surface area contributed by atoms with Gasteiger partial charge in [-0.2, -0.15) is 11.3 Å². The van der Waals surface area contributed by atoms with Crippen LogP contribution in [0.15, 0.2) is 41.4 Å². The van der Waals surface area contributed by atoms with Crippen molar-refractivity contribution in [3.63, 3.8) is 0 Å². The molecule has 1 saturated heterocycles. The van der Waals surface area contributed by atoms with E-state index in [9.17, 15) is 9.90 Å². The first-order valence-corrected chi connectivity index (χ1v) is 7.62. The van der Waals surface area contributed by atoms with Crippen molar-refractivity contribution in [1.29, 1.82) is 0 Å². The molecule has 3 heterocycles. The van der Waals surface area contributed by atoms with E-state index < -0.39 is 12.0 Å². The average molecular weight is 288 g/mol. The van der Waals surface area contributed by atoms with Crippen molar-refractivity contribution in [3.05, 3.63) is 52.5 Å². The predicted molar refractivity (Wildman–Crippen MR) is 77.8 cm³/mol. The molecule has 2 atom stereocenters. The number of carbonyl (C=O) groups is 1. The van der Waals surface area contributed by atoms with Gasteiger partial charge >= 0.3 is 5.97 Å². The fraction of sp³-hybridized carbons (Fsp3) is 0.333. The molecular weight excluding hydrogens is 272 g/mol. The molecule has 0 aliphatic carbocycles. The Balaban J connectivity index is 2.00. The highest BCUT2D eigenvalue weighted by Crippen LogP contribution is 2.35. The molecule has 0 spiro atoms. The first-order valence-electron chi connectivity index (χ1n) is 6.68. The van der Waals surface area contributed by atoms with Gasteiger partial charge < -0.3 is 5.11 Å². The number of carboxylic acids is 1. The van der Waals surface area contributed by atoms with Gasteiger partial charge in [-0.3, -0.25) is 14.7 Å². The lowest BCUT2D eigenvalue weighted by Gasteiger charge is -2.31. The number of pyridine rings is 1. The lowest BCUT2D eigenvalue weighted by molar-refractivity contribution is -0.142. The van der Waals surface area contributed by atoms with Gasteiger partial charge in [0.15, 0.2) is 0 Å². The maximum absolute atomic E-state index is 11.5. The van der Waals surface area contributed by atoms with Crippen LogP contribution < -0.4 is 0 Å². The maximum atomic E-state index is 11.5. The van der Waals surface area contributed by atoms with Crippen LogP contribution in [-0.4, -0.2) is 33.5 Å². The summed E-state index contributed by atoms with van der Waals surface area (Å²) in [5.41, 5.74) is 2.26. The second-order valence-corrected chi connectivity index (χ2v) is 5.75. The Morgan fingerprint density at radius 1 is 1.35 bits per heavy atom.